The van der Waals surface area contributed by atoms with Crippen LogP contribution in [0.4, 0.5) is 0 Å². The molecule has 2 amide bonds. The summed E-state index contributed by atoms with van der Waals surface area (Å²) in [5, 5.41) is 6.44. The molecule has 4 heteroatoms. The van der Waals surface area contributed by atoms with Gasteiger partial charge in [0.15, 0.2) is 0 Å². The zero-order chi connectivity index (χ0) is 21.0. The summed E-state index contributed by atoms with van der Waals surface area (Å²) in [7, 11) is 0. The first-order valence-electron chi connectivity index (χ1n) is 11.4. The van der Waals surface area contributed by atoms with Gasteiger partial charge in [-0.05, 0) is 88.5 Å². The smallest absolute Gasteiger partial charge is 0.243 e. The maximum absolute atomic E-state index is 13.2. The molecular weight excluding hydrogens is 360 g/mol. The average molecular weight is 397 g/mol. The van der Waals surface area contributed by atoms with Crippen LogP contribution in [0.2, 0.25) is 0 Å². The summed E-state index contributed by atoms with van der Waals surface area (Å²) < 4.78 is 0. The summed E-state index contributed by atoms with van der Waals surface area (Å²) >= 11 is 0. The Balaban J connectivity index is 1.56. The van der Waals surface area contributed by atoms with Crippen molar-refractivity contribution in [2.45, 2.75) is 84.7 Å². The Morgan fingerprint density at radius 1 is 1.17 bits per heavy atom. The van der Waals surface area contributed by atoms with Crippen molar-refractivity contribution in [2.24, 2.45) is 34.5 Å². The van der Waals surface area contributed by atoms with Crippen molar-refractivity contribution in [1.82, 2.24) is 10.6 Å². The van der Waals surface area contributed by atoms with E-state index in [1.54, 1.807) is 6.08 Å². The number of amides is 2. The van der Waals surface area contributed by atoms with E-state index in [2.05, 4.69) is 42.4 Å². The van der Waals surface area contributed by atoms with Crippen molar-refractivity contribution in [1.29, 1.82) is 0 Å². The predicted octanol–water partition coefficient (Wildman–Crippen LogP) is 3.82. The molecule has 158 valence electrons. The predicted molar refractivity (Wildman–Crippen MR) is 115 cm³/mol. The number of nitrogens with one attached hydrogen (secondary N) is 2. The Labute approximate surface area is 175 Å². The fraction of sp³-hybridized carbons (Fsp3) is 0.760. The minimum Gasteiger partial charge on any atom is -0.349 e. The van der Waals surface area contributed by atoms with E-state index in [1.807, 2.05) is 20.8 Å². The molecule has 1 aliphatic heterocycles. The lowest BCUT2D eigenvalue weighted by Gasteiger charge is -2.58. The first kappa shape index (κ1) is 20.5. The van der Waals surface area contributed by atoms with Crippen LogP contribution in [0.3, 0.4) is 0 Å². The number of carbonyl (C=O) groups is 2. The first-order chi connectivity index (χ1) is 13.6. The van der Waals surface area contributed by atoms with E-state index in [1.165, 1.54) is 6.42 Å². The van der Waals surface area contributed by atoms with E-state index in [9.17, 15) is 9.59 Å². The van der Waals surface area contributed by atoms with Crippen molar-refractivity contribution >= 4 is 11.8 Å². The van der Waals surface area contributed by atoms with E-state index in [0.29, 0.717) is 17.8 Å². The summed E-state index contributed by atoms with van der Waals surface area (Å²) in [5.41, 5.74) is -0.350. The average Bonchev–Trinajstić information content (AvgIpc) is 2.99. The molecule has 29 heavy (non-hydrogen) atoms. The van der Waals surface area contributed by atoms with E-state index < -0.39 is 5.54 Å². The molecular formula is C25H36N2O2. The SMILES string of the molecule is CC#CC(C)(C)NC(=O)[C@H]1CC[C@H]2[C@@H]3CC[C@H]4NC(=O)C=C[C@]4(C)[C@H]3CC[C@]12C. The van der Waals surface area contributed by atoms with Gasteiger partial charge in [0.05, 0.1) is 5.54 Å². The van der Waals surface area contributed by atoms with Crippen molar-refractivity contribution in [3.63, 3.8) is 0 Å². The molecule has 0 aromatic carbocycles. The van der Waals surface area contributed by atoms with Crippen LogP contribution in [0.15, 0.2) is 12.2 Å². The Bertz CT molecular complexity index is 803. The highest BCUT2D eigenvalue weighted by Gasteiger charge is 2.61. The van der Waals surface area contributed by atoms with Crippen LogP contribution in [-0.4, -0.2) is 23.4 Å². The van der Waals surface area contributed by atoms with Crippen LogP contribution in [0, 0.1) is 46.3 Å². The highest BCUT2D eigenvalue weighted by Crippen LogP contribution is 2.65. The fourth-order valence-corrected chi connectivity index (χ4v) is 7.50. The van der Waals surface area contributed by atoms with Gasteiger partial charge in [-0.15, -0.1) is 5.92 Å². The molecule has 3 fully saturated rings. The number of carbonyl (C=O) groups excluding carboxylic acids is 2. The van der Waals surface area contributed by atoms with Gasteiger partial charge in [-0.1, -0.05) is 25.8 Å². The maximum Gasteiger partial charge on any atom is 0.243 e. The molecule has 0 aromatic heterocycles. The normalized spacial score (nSPS) is 43.2. The third kappa shape index (κ3) is 3.22. The van der Waals surface area contributed by atoms with Gasteiger partial charge in [0.25, 0.3) is 0 Å². The Morgan fingerprint density at radius 3 is 2.66 bits per heavy atom. The maximum atomic E-state index is 13.2. The second kappa shape index (κ2) is 6.89. The fourth-order valence-electron chi connectivity index (χ4n) is 7.50. The topological polar surface area (TPSA) is 58.2 Å². The zero-order valence-corrected chi connectivity index (χ0v) is 18.6. The molecule has 2 N–H and O–H groups in total. The molecule has 1 heterocycles. The molecule has 0 saturated heterocycles. The Morgan fingerprint density at radius 2 is 1.93 bits per heavy atom. The lowest BCUT2D eigenvalue weighted by Crippen LogP contribution is -2.59. The lowest BCUT2D eigenvalue weighted by molar-refractivity contribution is -0.135. The molecule has 4 rings (SSSR count). The molecule has 3 aliphatic carbocycles. The summed E-state index contributed by atoms with van der Waals surface area (Å²) in [6, 6.07) is 0.263. The highest BCUT2D eigenvalue weighted by atomic mass is 16.2. The number of rotatable bonds is 2. The van der Waals surface area contributed by atoms with Gasteiger partial charge in [0.1, 0.15) is 0 Å². The summed E-state index contributed by atoms with van der Waals surface area (Å²) in [6.45, 7) is 10.5. The number of hydrogen-bond acceptors (Lipinski definition) is 2. The van der Waals surface area contributed by atoms with E-state index >= 15 is 0 Å². The molecule has 7 atom stereocenters. The first-order valence-corrected chi connectivity index (χ1v) is 11.4. The lowest BCUT2D eigenvalue weighted by atomic mass is 9.48. The van der Waals surface area contributed by atoms with Gasteiger partial charge >= 0.3 is 0 Å². The quantitative estimate of drug-likeness (QED) is 0.697. The minimum absolute atomic E-state index is 0.0528. The number of hydrogen-bond donors (Lipinski definition) is 2. The summed E-state index contributed by atoms with van der Waals surface area (Å²) in [6.07, 6.45) is 10.5. The van der Waals surface area contributed by atoms with Crippen LogP contribution in [-0.2, 0) is 9.59 Å². The van der Waals surface area contributed by atoms with Gasteiger partial charge in [-0.25, -0.2) is 0 Å². The van der Waals surface area contributed by atoms with Crippen molar-refractivity contribution < 1.29 is 9.59 Å². The summed E-state index contributed by atoms with van der Waals surface area (Å²) in [5.74, 6) is 8.23. The van der Waals surface area contributed by atoms with Gasteiger partial charge in [0, 0.05) is 17.4 Å². The van der Waals surface area contributed by atoms with Gasteiger partial charge in [0.2, 0.25) is 11.8 Å². The Hall–Kier alpha value is -1.76. The highest BCUT2D eigenvalue weighted by molar-refractivity contribution is 5.89. The Kier molecular flexibility index (Phi) is 4.88. The van der Waals surface area contributed by atoms with Crippen molar-refractivity contribution in [3.05, 3.63) is 12.2 Å². The molecule has 3 saturated carbocycles. The van der Waals surface area contributed by atoms with E-state index in [0.717, 1.165) is 32.1 Å². The molecule has 0 unspecified atom stereocenters. The van der Waals surface area contributed by atoms with Crippen LogP contribution in [0.5, 0.6) is 0 Å². The van der Waals surface area contributed by atoms with Crippen LogP contribution < -0.4 is 10.6 Å². The second-order valence-corrected chi connectivity index (χ2v) is 10.9. The van der Waals surface area contributed by atoms with Gasteiger partial charge in [-0.3, -0.25) is 9.59 Å². The van der Waals surface area contributed by atoms with Gasteiger partial charge in [-0.2, -0.15) is 0 Å². The zero-order valence-electron chi connectivity index (χ0n) is 18.6. The third-order valence-electron chi connectivity index (χ3n) is 8.88. The molecule has 4 aliphatic rings. The third-order valence-corrected chi connectivity index (χ3v) is 8.88. The largest absolute Gasteiger partial charge is 0.349 e. The molecule has 0 bridgehead atoms. The second-order valence-electron chi connectivity index (χ2n) is 10.9. The standard InChI is InChI=1S/C25H36N2O2/c1-6-13-23(2,3)27-22(29)19-9-8-17-16-7-10-20-25(5,15-12-21(28)26-20)18(16)11-14-24(17,19)4/h12,15-20H,7-11,14H2,1-5H3,(H,26,28)(H,27,29)/t16-,17-,18-,19+,20+,24-,25+/m0/s1. The molecule has 0 radical (unpaired) electrons. The van der Waals surface area contributed by atoms with Crippen LogP contribution >= 0.6 is 0 Å². The minimum atomic E-state index is -0.478. The monoisotopic (exact) mass is 396 g/mol. The van der Waals surface area contributed by atoms with Crippen LogP contribution in [0.25, 0.3) is 0 Å². The molecule has 0 aromatic rings. The summed E-state index contributed by atoms with van der Waals surface area (Å²) in [4.78, 5) is 25.1. The van der Waals surface area contributed by atoms with Gasteiger partial charge < -0.3 is 10.6 Å². The van der Waals surface area contributed by atoms with Crippen LogP contribution in [0.1, 0.15) is 73.1 Å². The number of fused-ring (bicyclic) bond motifs is 5. The molecule has 4 nitrogen and oxygen atoms in total. The van der Waals surface area contributed by atoms with Crippen molar-refractivity contribution in [2.75, 3.05) is 0 Å². The van der Waals surface area contributed by atoms with Crippen molar-refractivity contribution in [3.8, 4) is 11.8 Å². The molecule has 0 spiro atoms. The van der Waals surface area contributed by atoms with E-state index in [-0.39, 0.29) is 34.6 Å². The van der Waals surface area contributed by atoms with E-state index in [4.69, 9.17) is 0 Å².